The van der Waals surface area contributed by atoms with Crippen LogP contribution in [0.5, 0.6) is 0 Å². The summed E-state index contributed by atoms with van der Waals surface area (Å²) in [4.78, 5) is 8.36. The minimum absolute atomic E-state index is 0. The van der Waals surface area contributed by atoms with E-state index in [2.05, 4.69) is 0 Å². The molecule has 0 unspecified atom stereocenters. The predicted molar refractivity (Wildman–Crippen MR) is 8.69 cm³/mol. The van der Waals surface area contributed by atoms with Crippen molar-refractivity contribution in [1.82, 2.24) is 0 Å². The van der Waals surface area contributed by atoms with Crippen molar-refractivity contribution < 1.29 is 46.8 Å². The third-order valence-electron chi connectivity index (χ3n) is 0. The van der Waals surface area contributed by atoms with Gasteiger partial charge in [-0.2, -0.15) is 0 Å². The van der Waals surface area contributed by atoms with Crippen LogP contribution in [0.2, 0.25) is 0 Å². The van der Waals surface area contributed by atoms with Crippen molar-refractivity contribution >= 4 is 6.47 Å². The standard InChI is InChI=1S/CH2O2.Lu/c2-1-3;/h1H,(H,2,3);. The molecule has 0 heterocycles. The summed E-state index contributed by atoms with van der Waals surface area (Å²) in [6, 6.07) is 0. The summed E-state index contributed by atoms with van der Waals surface area (Å²) in [6.07, 6.45) is 0. The first kappa shape index (κ1) is 8.83. The van der Waals surface area contributed by atoms with Gasteiger partial charge in [0.2, 0.25) is 0 Å². The second-order valence-corrected chi connectivity index (χ2v) is 0.105. The van der Waals surface area contributed by atoms with E-state index >= 15 is 0 Å². The van der Waals surface area contributed by atoms with Crippen molar-refractivity contribution in [3.8, 4) is 0 Å². The quantitative estimate of drug-likeness (QED) is 0.570. The molecule has 2 nitrogen and oxygen atoms in total. The fourth-order valence-electron chi connectivity index (χ4n) is 0. The number of carbonyl (C=O) groups is 1. The van der Waals surface area contributed by atoms with Crippen molar-refractivity contribution in [3.05, 3.63) is 0 Å². The third kappa shape index (κ3) is 15.8. The van der Waals surface area contributed by atoms with Gasteiger partial charge in [0.25, 0.3) is 6.47 Å². The fourth-order valence-corrected chi connectivity index (χ4v) is 0. The van der Waals surface area contributed by atoms with E-state index in [0.29, 0.717) is 0 Å². The Morgan fingerprint density at radius 3 is 1.75 bits per heavy atom. The molecule has 0 saturated carbocycles. The van der Waals surface area contributed by atoms with E-state index in [-0.39, 0.29) is 43.3 Å². The van der Waals surface area contributed by atoms with E-state index in [9.17, 15) is 0 Å². The largest absolute Gasteiger partial charge is 0.483 e. The summed E-state index contributed by atoms with van der Waals surface area (Å²) in [6.45, 7) is -0.250. The molecule has 0 aliphatic heterocycles. The maximum absolute atomic E-state index is 8.36. The van der Waals surface area contributed by atoms with E-state index in [4.69, 9.17) is 9.90 Å². The molecule has 0 amide bonds. The van der Waals surface area contributed by atoms with Gasteiger partial charge in [0.15, 0.2) is 0 Å². The zero-order valence-corrected chi connectivity index (χ0v) is 3.35. The Labute approximate surface area is 53.0 Å². The van der Waals surface area contributed by atoms with Gasteiger partial charge in [0.1, 0.15) is 0 Å². The van der Waals surface area contributed by atoms with Gasteiger partial charge in [-0.15, -0.1) is 0 Å². The fraction of sp³-hybridized carbons (Fsp3) is 0. The Balaban J connectivity index is 0. The van der Waals surface area contributed by atoms with Crippen molar-refractivity contribution in [2.75, 3.05) is 0 Å². The second-order valence-electron chi connectivity index (χ2n) is 0.105. The maximum Gasteiger partial charge on any atom is 0.290 e. The van der Waals surface area contributed by atoms with Gasteiger partial charge >= 0.3 is 0 Å². The van der Waals surface area contributed by atoms with Gasteiger partial charge in [-0.3, -0.25) is 4.79 Å². The zero-order chi connectivity index (χ0) is 2.71. The first-order valence-electron chi connectivity index (χ1n) is 0.494. The van der Waals surface area contributed by atoms with Crippen LogP contribution in [0.1, 0.15) is 0 Å². The van der Waals surface area contributed by atoms with Gasteiger partial charge in [0, 0.05) is 36.9 Å². The summed E-state index contributed by atoms with van der Waals surface area (Å²) < 4.78 is 0. The molecule has 0 rings (SSSR count). The monoisotopic (exact) mass is 221 g/mol. The molecule has 1 radical (unpaired) electrons. The first-order valence-corrected chi connectivity index (χ1v) is 0.494. The smallest absolute Gasteiger partial charge is 0.290 e. The summed E-state index contributed by atoms with van der Waals surface area (Å²) in [5.74, 6) is 0. The molecule has 0 aromatic heterocycles. The van der Waals surface area contributed by atoms with E-state index in [1.807, 2.05) is 0 Å². The second kappa shape index (κ2) is 9.33. The Morgan fingerprint density at radius 1 is 1.75 bits per heavy atom. The van der Waals surface area contributed by atoms with E-state index in [0.717, 1.165) is 0 Å². The number of carboxylic acid groups (broad SMARTS) is 1. The van der Waals surface area contributed by atoms with Crippen LogP contribution >= 0.6 is 0 Å². The van der Waals surface area contributed by atoms with Crippen LogP contribution in [0.3, 0.4) is 0 Å². The normalized spacial score (nSPS) is 3.00. The Hall–Kier alpha value is 0.704. The molecule has 1 N–H and O–H groups in total. The molecule has 0 aliphatic carbocycles. The molecular formula is CH2LuO2. The van der Waals surface area contributed by atoms with Gasteiger partial charge in [-0.25, -0.2) is 0 Å². The number of hydrogen-bond acceptors (Lipinski definition) is 1. The van der Waals surface area contributed by atoms with Crippen molar-refractivity contribution in [2.24, 2.45) is 0 Å². The van der Waals surface area contributed by atoms with Crippen LogP contribution in [-0.4, -0.2) is 11.6 Å². The van der Waals surface area contributed by atoms with Crippen LogP contribution in [0.15, 0.2) is 0 Å². The average molecular weight is 221 g/mol. The molecule has 0 aromatic rings. The summed E-state index contributed by atoms with van der Waals surface area (Å²) in [5.41, 5.74) is 0. The van der Waals surface area contributed by atoms with Gasteiger partial charge in [0.05, 0.1) is 0 Å². The molecule has 0 atom stereocenters. The summed E-state index contributed by atoms with van der Waals surface area (Å²) in [7, 11) is 0. The molecule has 0 aliphatic rings. The molecule has 0 bridgehead atoms. The first-order chi connectivity index (χ1) is 1.41. The summed E-state index contributed by atoms with van der Waals surface area (Å²) >= 11 is 0. The maximum atomic E-state index is 8.36. The molecule has 0 fully saturated rings. The topological polar surface area (TPSA) is 37.3 Å². The van der Waals surface area contributed by atoms with Crippen molar-refractivity contribution in [2.45, 2.75) is 0 Å². The molecule has 0 spiro atoms. The SMILES string of the molecule is O=CO.[Lu]. The van der Waals surface area contributed by atoms with Crippen LogP contribution in [0, 0.1) is 36.9 Å². The van der Waals surface area contributed by atoms with Crippen LogP contribution < -0.4 is 0 Å². The summed E-state index contributed by atoms with van der Waals surface area (Å²) in [5, 5.41) is 6.89. The van der Waals surface area contributed by atoms with E-state index < -0.39 is 0 Å². The van der Waals surface area contributed by atoms with E-state index in [1.165, 1.54) is 0 Å². The van der Waals surface area contributed by atoms with Gasteiger partial charge in [-0.1, -0.05) is 0 Å². The molecular weight excluding hydrogens is 219 g/mol. The Bertz CT molecular complexity index is 13.5. The minimum Gasteiger partial charge on any atom is -0.483 e. The van der Waals surface area contributed by atoms with Gasteiger partial charge < -0.3 is 5.11 Å². The number of hydrogen-bond donors (Lipinski definition) is 1. The van der Waals surface area contributed by atoms with Crippen LogP contribution in [0.25, 0.3) is 0 Å². The Morgan fingerprint density at radius 2 is 1.75 bits per heavy atom. The molecule has 0 saturated heterocycles. The van der Waals surface area contributed by atoms with Gasteiger partial charge in [-0.05, 0) is 0 Å². The molecule has 33 valence electrons. The molecule has 4 heavy (non-hydrogen) atoms. The molecule has 3 heteroatoms. The zero-order valence-electron chi connectivity index (χ0n) is 1.69. The van der Waals surface area contributed by atoms with Crippen molar-refractivity contribution in [3.63, 3.8) is 0 Å². The molecule has 0 aromatic carbocycles. The van der Waals surface area contributed by atoms with Crippen LogP contribution in [0.4, 0.5) is 0 Å². The Kier molecular flexibility index (Phi) is 20.6. The minimum atomic E-state index is -0.250. The number of rotatable bonds is 0. The van der Waals surface area contributed by atoms with Crippen LogP contribution in [-0.2, 0) is 4.79 Å². The predicted octanol–water partition coefficient (Wildman–Crippen LogP) is -0.299. The third-order valence-corrected chi connectivity index (χ3v) is 0. The average Bonchev–Trinajstić information content (AvgIpc) is 0.918. The van der Waals surface area contributed by atoms with E-state index in [1.54, 1.807) is 0 Å². The van der Waals surface area contributed by atoms with Crippen molar-refractivity contribution in [1.29, 1.82) is 0 Å².